The summed E-state index contributed by atoms with van der Waals surface area (Å²) in [4.78, 5) is 15.2. The Balaban J connectivity index is 1.56. The van der Waals surface area contributed by atoms with E-state index in [9.17, 15) is 13.2 Å². The van der Waals surface area contributed by atoms with Crippen LogP contribution in [0.15, 0.2) is 35.7 Å². The fourth-order valence-electron chi connectivity index (χ4n) is 4.63. The second kappa shape index (κ2) is 10.6. The third-order valence-electron chi connectivity index (χ3n) is 6.46. The van der Waals surface area contributed by atoms with Crippen LogP contribution in [0, 0.1) is 0 Å². The van der Waals surface area contributed by atoms with Gasteiger partial charge in [0.1, 0.15) is 0 Å². The van der Waals surface area contributed by atoms with Gasteiger partial charge >= 0.3 is 0 Å². The van der Waals surface area contributed by atoms with Crippen molar-refractivity contribution in [2.45, 2.75) is 56.9 Å². The van der Waals surface area contributed by atoms with Crippen LogP contribution in [0.4, 0.5) is 0 Å². The molecule has 1 amide bonds. The summed E-state index contributed by atoms with van der Waals surface area (Å²) in [5.41, 5.74) is 0.846. The monoisotopic (exact) mass is 433 g/mol. The van der Waals surface area contributed by atoms with Crippen molar-refractivity contribution in [1.29, 1.82) is 0 Å². The van der Waals surface area contributed by atoms with Crippen molar-refractivity contribution < 1.29 is 13.2 Å². The van der Waals surface area contributed by atoms with E-state index in [2.05, 4.69) is 10.2 Å². The highest BCUT2D eigenvalue weighted by atomic mass is 32.2. The highest BCUT2D eigenvalue weighted by molar-refractivity contribution is 7.92. The summed E-state index contributed by atoms with van der Waals surface area (Å²) in [7, 11) is -2.20. The lowest BCUT2D eigenvalue weighted by Gasteiger charge is -2.48. The number of nitrogens with one attached hydrogen (secondary N) is 1. The van der Waals surface area contributed by atoms with Crippen molar-refractivity contribution in [2.75, 3.05) is 33.2 Å². The molecule has 0 atom stereocenters. The molecular formula is C23H35N3O3S. The standard InChI is InChI=1S/C23H35N3O3S/c1-25(30(28,29)18-13-21-11-5-2-6-12-21)19-22(27)24-20-23(14-7-3-8-15-23)26-16-9-4-10-17-26/h2,5-6,11-13,18H,3-4,7-10,14-17,19-20H2,1H3,(H,24,27)/b18-13+. The van der Waals surface area contributed by atoms with Crippen molar-refractivity contribution in [1.82, 2.24) is 14.5 Å². The van der Waals surface area contributed by atoms with Gasteiger partial charge in [0.2, 0.25) is 15.9 Å². The maximum atomic E-state index is 12.6. The second-order valence-electron chi connectivity index (χ2n) is 8.62. The average molecular weight is 434 g/mol. The Morgan fingerprint density at radius 1 is 1.07 bits per heavy atom. The van der Waals surface area contributed by atoms with E-state index < -0.39 is 10.0 Å². The van der Waals surface area contributed by atoms with E-state index in [-0.39, 0.29) is 18.0 Å². The summed E-state index contributed by atoms with van der Waals surface area (Å²) in [5, 5.41) is 4.22. The van der Waals surface area contributed by atoms with Gasteiger partial charge in [0.25, 0.3) is 0 Å². The molecule has 166 valence electrons. The summed E-state index contributed by atoms with van der Waals surface area (Å²) >= 11 is 0. The van der Waals surface area contributed by atoms with Crippen LogP contribution >= 0.6 is 0 Å². The predicted molar refractivity (Wildman–Crippen MR) is 121 cm³/mol. The van der Waals surface area contributed by atoms with Gasteiger partial charge in [-0.15, -0.1) is 0 Å². The molecule has 1 saturated carbocycles. The highest BCUT2D eigenvalue weighted by Crippen LogP contribution is 2.35. The number of hydrogen-bond donors (Lipinski definition) is 1. The molecule has 1 aliphatic carbocycles. The molecule has 1 aliphatic heterocycles. The first-order chi connectivity index (χ1) is 14.4. The van der Waals surface area contributed by atoms with Gasteiger partial charge in [0, 0.05) is 24.5 Å². The van der Waals surface area contributed by atoms with Gasteiger partial charge in [-0.3, -0.25) is 9.69 Å². The lowest BCUT2D eigenvalue weighted by Crippen LogP contribution is -2.58. The Labute approximate surface area is 181 Å². The number of hydrogen-bond acceptors (Lipinski definition) is 4. The molecular weight excluding hydrogens is 398 g/mol. The summed E-state index contributed by atoms with van der Waals surface area (Å²) in [6, 6.07) is 9.26. The molecule has 0 bridgehead atoms. The third-order valence-corrected chi connectivity index (χ3v) is 7.94. The van der Waals surface area contributed by atoms with Gasteiger partial charge < -0.3 is 5.32 Å². The Hall–Kier alpha value is -1.70. The quantitative estimate of drug-likeness (QED) is 0.683. The molecule has 1 heterocycles. The molecule has 7 heteroatoms. The van der Waals surface area contributed by atoms with Gasteiger partial charge in [0.05, 0.1) is 6.54 Å². The Kier molecular flexibility index (Phi) is 8.08. The van der Waals surface area contributed by atoms with Crippen LogP contribution in [-0.2, 0) is 14.8 Å². The number of rotatable bonds is 8. The van der Waals surface area contributed by atoms with Crippen molar-refractivity contribution >= 4 is 22.0 Å². The zero-order chi connectivity index (χ0) is 21.5. The lowest BCUT2D eigenvalue weighted by atomic mass is 9.79. The van der Waals surface area contributed by atoms with Crippen LogP contribution in [0.2, 0.25) is 0 Å². The third kappa shape index (κ3) is 6.15. The minimum absolute atomic E-state index is 0.0407. The molecule has 6 nitrogen and oxygen atoms in total. The van der Waals surface area contributed by atoms with E-state index in [1.807, 2.05) is 30.3 Å². The van der Waals surface area contributed by atoms with Crippen molar-refractivity contribution in [3.05, 3.63) is 41.3 Å². The number of carbonyl (C=O) groups excluding carboxylic acids is 1. The Bertz CT molecular complexity index is 811. The molecule has 1 aromatic rings. The van der Waals surface area contributed by atoms with E-state index in [4.69, 9.17) is 0 Å². The van der Waals surface area contributed by atoms with Crippen molar-refractivity contribution in [3.8, 4) is 0 Å². The average Bonchev–Trinajstić information content (AvgIpc) is 2.78. The maximum Gasteiger partial charge on any atom is 0.236 e. The first-order valence-corrected chi connectivity index (χ1v) is 12.6. The van der Waals surface area contributed by atoms with Gasteiger partial charge in [-0.25, -0.2) is 8.42 Å². The molecule has 3 rings (SSSR count). The van der Waals surface area contributed by atoms with Crippen LogP contribution in [0.25, 0.3) is 6.08 Å². The fourth-order valence-corrected chi connectivity index (χ4v) is 5.46. The summed E-state index contributed by atoms with van der Waals surface area (Å²) in [6.45, 7) is 2.65. The molecule has 1 saturated heterocycles. The summed E-state index contributed by atoms with van der Waals surface area (Å²) < 4.78 is 26.1. The molecule has 1 aromatic carbocycles. The molecule has 2 aliphatic rings. The fraction of sp³-hybridized carbons (Fsp3) is 0.609. The zero-order valence-corrected chi connectivity index (χ0v) is 18.9. The minimum Gasteiger partial charge on any atom is -0.353 e. The van der Waals surface area contributed by atoms with Crippen LogP contribution in [0.1, 0.15) is 56.9 Å². The molecule has 0 radical (unpaired) electrons. The Morgan fingerprint density at radius 2 is 1.70 bits per heavy atom. The number of carbonyl (C=O) groups is 1. The smallest absolute Gasteiger partial charge is 0.236 e. The van der Waals surface area contributed by atoms with Crippen molar-refractivity contribution in [3.63, 3.8) is 0 Å². The number of sulfonamides is 1. The molecule has 1 N–H and O–H groups in total. The van der Waals surface area contributed by atoms with Gasteiger partial charge in [0.15, 0.2) is 0 Å². The SMILES string of the molecule is CN(CC(=O)NCC1(N2CCCCC2)CCCCC1)S(=O)(=O)/C=C/c1ccccc1. The molecule has 2 fully saturated rings. The van der Waals surface area contributed by atoms with E-state index in [0.29, 0.717) is 6.54 Å². The van der Waals surface area contributed by atoms with Crippen LogP contribution in [0.3, 0.4) is 0 Å². The predicted octanol–water partition coefficient (Wildman–Crippen LogP) is 3.22. The normalized spacial score (nSPS) is 20.5. The minimum atomic E-state index is -3.65. The largest absolute Gasteiger partial charge is 0.353 e. The second-order valence-corrected chi connectivity index (χ2v) is 10.5. The molecule has 30 heavy (non-hydrogen) atoms. The first kappa shape index (κ1) is 23.0. The van der Waals surface area contributed by atoms with E-state index in [1.54, 1.807) is 6.08 Å². The van der Waals surface area contributed by atoms with Gasteiger partial charge in [-0.2, -0.15) is 4.31 Å². The molecule has 0 aromatic heterocycles. The van der Waals surface area contributed by atoms with Crippen LogP contribution < -0.4 is 5.32 Å². The summed E-state index contributed by atoms with van der Waals surface area (Å²) in [6.07, 6.45) is 11.2. The zero-order valence-electron chi connectivity index (χ0n) is 18.1. The Morgan fingerprint density at radius 3 is 2.37 bits per heavy atom. The number of amides is 1. The van der Waals surface area contributed by atoms with E-state index in [1.165, 1.54) is 45.6 Å². The van der Waals surface area contributed by atoms with Crippen LogP contribution in [-0.4, -0.2) is 62.3 Å². The van der Waals surface area contributed by atoms with Gasteiger partial charge in [-0.1, -0.05) is 56.0 Å². The number of nitrogens with zero attached hydrogens (tertiary/aromatic N) is 2. The highest BCUT2D eigenvalue weighted by Gasteiger charge is 2.38. The lowest BCUT2D eigenvalue weighted by molar-refractivity contribution is -0.122. The number of likely N-dealkylation sites (tertiary alicyclic amines) is 1. The van der Waals surface area contributed by atoms with E-state index in [0.717, 1.165) is 41.2 Å². The number of likely N-dealkylation sites (N-methyl/N-ethyl adjacent to an activating group) is 1. The van der Waals surface area contributed by atoms with Gasteiger partial charge in [-0.05, 0) is 50.4 Å². The molecule has 0 unspecified atom stereocenters. The maximum absolute atomic E-state index is 12.6. The molecule has 0 spiro atoms. The topological polar surface area (TPSA) is 69.7 Å². The summed E-state index contributed by atoms with van der Waals surface area (Å²) in [5.74, 6) is -0.240. The number of piperidine rings is 1. The first-order valence-electron chi connectivity index (χ1n) is 11.1. The van der Waals surface area contributed by atoms with Crippen molar-refractivity contribution in [2.24, 2.45) is 0 Å². The van der Waals surface area contributed by atoms with Crippen LogP contribution in [0.5, 0.6) is 0 Å². The number of benzene rings is 1. The van der Waals surface area contributed by atoms with E-state index >= 15 is 0 Å².